The molecule has 0 N–H and O–H groups in total. The van der Waals surface area contributed by atoms with Gasteiger partial charge in [-0.25, -0.2) is 0 Å². The molecule has 0 aliphatic carbocycles. The molecule has 1 heterocycles. The zero-order valence-electron chi connectivity index (χ0n) is 12.4. The van der Waals surface area contributed by atoms with Gasteiger partial charge >= 0.3 is 22.5 Å². The summed E-state index contributed by atoms with van der Waals surface area (Å²) in [5.41, 5.74) is 0. The molecule has 2 radical (unpaired) electrons. The molecule has 0 aromatic carbocycles. The zero-order chi connectivity index (χ0) is 13.6. The van der Waals surface area contributed by atoms with E-state index >= 15 is 0 Å². The molecule has 1 aliphatic rings. The van der Waals surface area contributed by atoms with Crippen molar-refractivity contribution in [3.05, 3.63) is 0 Å². The van der Waals surface area contributed by atoms with Crippen LogP contribution in [0, 0.1) is 0 Å². The van der Waals surface area contributed by atoms with Gasteiger partial charge in [0, 0.05) is 0 Å². The van der Waals surface area contributed by atoms with Crippen LogP contribution in [0.1, 0.15) is 77.6 Å². The number of rotatable bonds is 12. The van der Waals surface area contributed by atoms with Crippen LogP contribution in [-0.2, 0) is 13.7 Å². The van der Waals surface area contributed by atoms with Gasteiger partial charge in [-0.1, -0.05) is 77.6 Å². The largest absolute Gasteiger partial charge is 0.458 e. The quantitative estimate of drug-likeness (QED) is 0.395. The van der Waals surface area contributed by atoms with Crippen LogP contribution in [0.3, 0.4) is 0 Å². The Bertz CT molecular complexity index is 190. The third-order valence-electron chi connectivity index (χ3n) is 3.57. The van der Waals surface area contributed by atoms with E-state index in [2.05, 4.69) is 6.92 Å². The molecule has 1 aliphatic heterocycles. The summed E-state index contributed by atoms with van der Waals surface area (Å²) in [5, 5.41) is 0. The fourth-order valence-corrected chi connectivity index (χ4v) is 2.35. The van der Waals surface area contributed by atoms with Crippen LogP contribution in [0.4, 0.5) is 0 Å². The summed E-state index contributed by atoms with van der Waals surface area (Å²) < 4.78 is 15.1. The van der Waals surface area contributed by atoms with Gasteiger partial charge < -0.3 is 13.7 Å². The van der Waals surface area contributed by atoms with E-state index in [9.17, 15) is 0 Å². The molecule has 1 fully saturated rings. The van der Waals surface area contributed by atoms with Crippen molar-refractivity contribution < 1.29 is 13.7 Å². The lowest BCUT2D eigenvalue weighted by atomic mass is 9.78. The van der Waals surface area contributed by atoms with Crippen LogP contribution in [-0.4, -0.2) is 22.5 Å². The Morgan fingerprint density at radius 2 is 1.16 bits per heavy atom. The highest BCUT2D eigenvalue weighted by Gasteiger charge is 2.23. The average molecular weight is 264 g/mol. The summed E-state index contributed by atoms with van der Waals surface area (Å²) in [5.74, 6) is 0. The van der Waals surface area contributed by atoms with E-state index in [-0.39, 0.29) is 7.12 Å². The second kappa shape index (κ2) is 13.1. The predicted molar refractivity (Wildman–Crippen MR) is 81.8 cm³/mol. The van der Waals surface area contributed by atoms with Gasteiger partial charge in [-0.3, -0.25) is 0 Å². The first-order valence-corrected chi connectivity index (χ1v) is 8.03. The third kappa shape index (κ3) is 10.5. The molecule has 6 heteroatoms. The minimum atomic E-state index is -0.132. The van der Waals surface area contributed by atoms with Gasteiger partial charge in [0.1, 0.15) is 0 Å². The van der Waals surface area contributed by atoms with Gasteiger partial charge in [0.05, 0.1) is 0 Å². The Labute approximate surface area is 120 Å². The van der Waals surface area contributed by atoms with Crippen molar-refractivity contribution in [3.63, 3.8) is 0 Å². The number of hydrogen-bond donors (Lipinski definition) is 0. The van der Waals surface area contributed by atoms with E-state index in [1.165, 1.54) is 86.0 Å². The standard InChI is InChI=1S/C13H27B3O3/c1-2-3-4-5-6-7-8-9-10-11-12-13-16-18-14-17-15-19-16/h2-13H2,1H3. The number of hydrogen-bond acceptors (Lipinski definition) is 3. The lowest BCUT2D eigenvalue weighted by Crippen LogP contribution is -2.34. The van der Waals surface area contributed by atoms with Crippen molar-refractivity contribution in [2.75, 3.05) is 0 Å². The highest BCUT2D eigenvalue weighted by molar-refractivity contribution is 6.61. The molecule has 3 nitrogen and oxygen atoms in total. The molecule has 19 heavy (non-hydrogen) atoms. The van der Waals surface area contributed by atoms with Crippen molar-refractivity contribution in [2.45, 2.75) is 83.9 Å². The van der Waals surface area contributed by atoms with E-state index in [4.69, 9.17) is 13.7 Å². The van der Waals surface area contributed by atoms with E-state index in [1.54, 1.807) is 0 Å². The lowest BCUT2D eigenvalue weighted by molar-refractivity contribution is 0.320. The summed E-state index contributed by atoms with van der Waals surface area (Å²) in [6.45, 7) is 2.27. The first-order valence-electron chi connectivity index (χ1n) is 8.03. The van der Waals surface area contributed by atoms with Crippen molar-refractivity contribution in [1.29, 1.82) is 0 Å². The van der Waals surface area contributed by atoms with Crippen molar-refractivity contribution in [3.8, 4) is 0 Å². The molecular formula is C13H27B3O3. The second-order valence-electron chi connectivity index (χ2n) is 5.35. The topological polar surface area (TPSA) is 27.7 Å². The highest BCUT2D eigenvalue weighted by atomic mass is 16.7. The van der Waals surface area contributed by atoms with E-state index in [1.807, 2.05) is 0 Å². The first-order chi connectivity index (χ1) is 9.43. The van der Waals surface area contributed by atoms with Gasteiger partial charge in [-0.2, -0.15) is 0 Å². The highest BCUT2D eigenvalue weighted by Crippen LogP contribution is 2.13. The Balaban J connectivity index is 1.71. The minimum absolute atomic E-state index is 0.132. The molecule has 0 aromatic heterocycles. The van der Waals surface area contributed by atoms with Gasteiger partial charge in [0.15, 0.2) is 0 Å². The molecule has 0 amide bonds. The molecule has 1 saturated heterocycles. The van der Waals surface area contributed by atoms with Crippen molar-refractivity contribution >= 4 is 22.5 Å². The maximum atomic E-state index is 5.17. The number of unbranched alkanes of at least 4 members (excludes halogenated alkanes) is 10. The average Bonchev–Trinajstić information content (AvgIpc) is 2.46. The molecule has 0 saturated carbocycles. The van der Waals surface area contributed by atoms with Gasteiger partial charge in [-0.15, -0.1) is 0 Å². The Morgan fingerprint density at radius 1 is 0.684 bits per heavy atom. The second-order valence-corrected chi connectivity index (χ2v) is 5.35. The zero-order valence-corrected chi connectivity index (χ0v) is 12.4. The molecular weight excluding hydrogens is 237 g/mol. The molecule has 1 rings (SSSR count). The van der Waals surface area contributed by atoms with Gasteiger partial charge in [-0.05, 0) is 6.32 Å². The molecule has 0 bridgehead atoms. The Kier molecular flexibility index (Phi) is 11.8. The predicted octanol–water partition coefficient (Wildman–Crippen LogP) is 3.92. The maximum Gasteiger partial charge on any atom is 0.458 e. The molecule has 0 spiro atoms. The van der Waals surface area contributed by atoms with Gasteiger partial charge in [0.25, 0.3) is 0 Å². The van der Waals surface area contributed by atoms with Crippen LogP contribution in [0.15, 0.2) is 0 Å². The third-order valence-corrected chi connectivity index (χ3v) is 3.57. The van der Waals surface area contributed by atoms with Crippen LogP contribution in [0.2, 0.25) is 6.32 Å². The fraction of sp³-hybridized carbons (Fsp3) is 1.00. The van der Waals surface area contributed by atoms with Crippen LogP contribution in [0.5, 0.6) is 0 Å². The first kappa shape index (κ1) is 17.1. The van der Waals surface area contributed by atoms with E-state index in [0.717, 1.165) is 6.32 Å². The van der Waals surface area contributed by atoms with Gasteiger partial charge in [0.2, 0.25) is 0 Å². The summed E-state index contributed by atoms with van der Waals surface area (Å²) >= 11 is 0. The SMILES string of the molecule is CCCCCCCCCCCCCB1O[B]O[B]O1. The van der Waals surface area contributed by atoms with Crippen LogP contribution >= 0.6 is 0 Å². The fourth-order valence-electron chi connectivity index (χ4n) is 2.35. The molecule has 0 atom stereocenters. The maximum absolute atomic E-state index is 5.17. The minimum Gasteiger partial charge on any atom is -0.457 e. The molecule has 0 aromatic rings. The Hall–Kier alpha value is 0.0748. The van der Waals surface area contributed by atoms with E-state index in [0.29, 0.717) is 0 Å². The van der Waals surface area contributed by atoms with Crippen molar-refractivity contribution in [2.24, 2.45) is 0 Å². The van der Waals surface area contributed by atoms with Crippen LogP contribution in [0.25, 0.3) is 0 Å². The van der Waals surface area contributed by atoms with Crippen LogP contribution < -0.4 is 0 Å². The summed E-state index contributed by atoms with van der Waals surface area (Å²) in [6.07, 6.45) is 16.0. The summed E-state index contributed by atoms with van der Waals surface area (Å²) in [6, 6.07) is 0. The molecule has 0 unspecified atom stereocenters. The smallest absolute Gasteiger partial charge is 0.457 e. The molecule has 106 valence electrons. The van der Waals surface area contributed by atoms with E-state index < -0.39 is 0 Å². The Morgan fingerprint density at radius 3 is 1.68 bits per heavy atom. The normalized spacial score (nSPS) is 15.1. The summed E-state index contributed by atoms with van der Waals surface area (Å²) in [4.78, 5) is 0. The van der Waals surface area contributed by atoms with Crippen molar-refractivity contribution in [1.82, 2.24) is 0 Å². The summed E-state index contributed by atoms with van der Waals surface area (Å²) in [7, 11) is 2.55. The lowest BCUT2D eigenvalue weighted by Gasteiger charge is -2.18. The monoisotopic (exact) mass is 264 g/mol.